The van der Waals surface area contributed by atoms with Crippen LogP contribution in [0.25, 0.3) is 0 Å². The Balaban J connectivity index is 0.000000641. The topological polar surface area (TPSA) is 177 Å². The van der Waals surface area contributed by atoms with Crippen molar-refractivity contribution in [2.24, 2.45) is 0 Å². The number of nitro benzene ring substituents is 1. The first-order chi connectivity index (χ1) is 16.5. The van der Waals surface area contributed by atoms with Gasteiger partial charge in [-0.2, -0.15) is 4.31 Å². The predicted octanol–water partition coefficient (Wildman–Crippen LogP) is 1.27. The van der Waals surface area contributed by atoms with Crippen molar-refractivity contribution in [2.75, 3.05) is 40.4 Å². The second-order valence-corrected chi connectivity index (χ2v) is 9.17. The Labute approximate surface area is 201 Å². The molecule has 2 N–H and O–H groups in total. The summed E-state index contributed by atoms with van der Waals surface area (Å²) in [6.45, 7) is 2.55. The van der Waals surface area contributed by atoms with Gasteiger partial charge in [-0.25, -0.2) is 18.0 Å². The van der Waals surface area contributed by atoms with Crippen LogP contribution in [-0.4, -0.2) is 85.1 Å². The normalized spacial score (nSPS) is 14.3. The number of nitrogens with zero attached hydrogens (tertiary/aromatic N) is 3. The summed E-state index contributed by atoms with van der Waals surface area (Å²) in [7, 11) is -0.501. The van der Waals surface area contributed by atoms with E-state index in [1.54, 1.807) is 14.2 Å². The van der Waals surface area contributed by atoms with Crippen molar-refractivity contribution in [1.29, 1.82) is 0 Å². The van der Waals surface area contributed by atoms with Crippen LogP contribution < -0.4 is 9.47 Å². The number of hydrogen-bond donors (Lipinski definition) is 2. The van der Waals surface area contributed by atoms with Gasteiger partial charge >= 0.3 is 11.9 Å². The number of rotatable bonds is 7. The number of non-ortho nitro benzene ring substituents is 1. The summed E-state index contributed by atoms with van der Waals surface area (Å²) < 4.78 is 37.6. The summed E-state index contributed by atoms with van der Waals surface area (Å²) in [6, 6.07) is 10.7. The number of carboxylic acid groups (broad SMARTS) is 2. The molecule has 14 heteroatoms. The van der Waals surface area contributed by atoms with Gasteiger partial charge in [-0.3, -0.25) is 15.0 Å². The Morgan fingerprint density at radius 3 is 1.94 bits per heavy atom. The lowest BCUT2D eigenvalue weighted by Gasteiger charge is -2.34. The fourth-order valence-corrected chi connectivity index (χ4v) is 4.68. The van der Waals surface area contributed by atoms with Gasteiger partial charge in [0.2, 0.25) is 10.0 Å². The molecule has 0 unspecified atom stereocenters. The molecular formula is C21H25N3O10S. The lowest BCUT2D eigenvalue weighted by atomic mass is 10.1. The van der Waals surface area contributed by atoms with Crippen LogP contribution in [-0.2, 0) is 26.2 Å². The zero-order valence-corrected chi connectivity index (χ0v) is 19.8. The van der Waals surface area contributed by atoms with E-state index in [0.717, 1.165) is 5.56 Å². The van der Waals surface area contributed by atoms with E-state index in [0.29, 0.717) is 44.2 Å². The van der Waals surface area contributed by atoms with Crippen LogP contribution >= 0.6 is 0 Å². The highest BCUT2D eigenvalue weighted by Gasteiger charge is 2.29. The monoisotopic (exact) mass is 511 g/mol. The van der Waals surface area contributed by atoms with Gasteiger partial charge in [0.05, 0.1) is 24.0 Å². The van der Waals surface area contributed by atoms with Crippen molar-refractivity contribution in [1.82, 2.24) is 9.21 Å². The van der Waals surface area contributed by atoms with E-state index >= 15 is 0 Å². The van der Waals surface area contributed by atoms with Crippen molar-refractivity contribution in [3.63, 3.8) is 0 Å². The van der Waals surface area contributed by atoms with Gasteiger partial charge in [0.15, 0.2) is 11.5 Å². The Bertz CT molecular complexity index is 1150. The molecule has 13 nitrogen and oxygen atoms in total. The molecule has 1 aliphatic heterocycles. The minimum atomic E-state index is -3.67. The van der Waals surface area contributed by atoms with Crippen LogP contribution in [0.15, 0.2) is 47.4 Å². The van der Waals surface area contributed by atoms with Gasteiger partial charge in [-0.05, 0) is 29.8 Å². The minimum absolute atomic E-state index is 0.0661. The average molecular weight is 512 g/mol. The van der Waals surface area contributed by atoms with E-state index < -0.39 is 26.9 Å². The smallest absolute Gasteiger partial charge is 0.414 e. The van der Waals surface area contributed by atoms with Crippen molar-refractivity contribution in [3.8, 4) is 11.5 Å². The lowest BCUT2D eigenvalue weighted by molar-refractivity contribution is -0.384. The summed E-state index contributed by atoms with van der Waals surface area (Å²) in [5.74, 6) is -2.33. The molecule has 3 rings (SSSR count). The summed E-state index contributed by atoms with van der Waals surface area (Å²) in [4.78, 5) is 30.6. The molecule has 0 aliphatic carbocycles. The molecule has 1 heterocycles. The first-order valence-corrected chi connectivity index (χ1v) is 11.6. The van der Waals surface area contributed by atoms with Crippen LogP contribution in [0.3, 0.4) is 0 Å². The number of carbonyl (C=O) groups is 2. The number of nitro groups is 1. The van der Waals surface area contributed by atoms with Crippen LogP contribution in [0.5, 0.6) is 11.5 Å². The van der Waals surface area contributed by atoms with E-state index in [9.17, 15) is 18.5 Å². The first kappa shape index (κ1) is 27.5. The molecule has 190 valence electrons. The highest BCUT2D eigenvalue weighted by Crippen LogP contribution is 2.28. The Hall–Kier alpha value is -3.75. The minimum Gasteiger partial charge on any atom is -0.493 e. The largest absolute Gasteiger partial charge is 0.493 e. The van der Waals surface area contributed by atoms with Gasteiger partial charge in [-0.1, -0.05) is 6.07 Å². The summed E-state index contributed by atoms with van der Waals surface area (Å²) in [6.07, 6.45) is 0. The van der Waals surface area contributed by atoms with Crippen LogP contribution in [0, 0.1) is 10.1 Å². The number of piperazine rings is 1. The number of methoxy groups -OCH3 is 2. The van der Waals surface area contributed by atoms with E-state index in [2.05, 4.69) is 4.90 Å². The molecule has 35 heavy (non-hydrogen) atoms. The van der Waals surface area contributed by atoms with E-state index in [-0.39, 0.29) is 10.6 Å². The molecule has 1 aliphatic rings. The number of carboxylic acids is 2. The van der Waals surface area contributed by atoms with Crippen LogP contribution in [0.1, 0.15) is 5.56 Å². The third-order valence-electron chi connectivity index (χ3n) is 5.05. The van der Waals surface area contributed by atoms with Gasteiger partial charge in [0.25, 0.3) is 5.69 Å². The van der Waals surface area contributed by atoms with Gasteiger partial charge in [-0.15, -0.1) is 0 Å². The lowest BCUT2D eigenvalue weighted by Crippen LogP contribution is -2.48. The van der Waals surface area contributed by atoms with Crippen LogP contribution in [0.4, 0.5) is 5.69 Å². The Morgan fingerprint density at radius 1 is 0.943 bits per heavy atom. The third kappa shape index (κ3) is 7.37. The fraction of sp³-hybridized carbons (Fsp3) is 0.333. The number of ether oxygens (including phenoxy) is 2. The second-order valence-electron chi connectivity index (χ2n) is 7.23. The Morgan fingerprint density at radius 2 is 1.49 bits per heavy atom. The molecule has 2 aromatic carbocycles. The zero-order valence-electron chi connectivity index (χ0n) is 19.0. The maximum Gasteiger partial charge on any atom is 0.414 e. The quantitative estimate of drug-likeness (QED) is 0.311. The number of aliphatic carboxylic acids is 2. The summed E-state index contributed by atoms with van der Waals surface area (Å²) in [5.41, 5.74) is 0.915. The molecule has 0 saturated carbocycles. The zero-order chi connectivity index (χ0) is 26.2. The maximum absolute atomic E-state index is 12.8. The number of hydrogen-bond acceptors (Lipinski definition) is 9. The third-order valence-corrected chi connectivity index (χ3v) is 6.97. The first-order valence-electron chi connectivity index (χ1n) is 10.1. The van der Waals surface area contributed by atoms with Crippen molar-refractivity contribution in [3.05, 3.63) is 58.1 Å². The van der Waals surface area contributed by atoms with Crippen LogP contribution in [0.2, 0.25) is 0 Å². The summed E-state index contributed by atoms with van der Waals surface area (Å²) >= 11 is 0. The van der Waals surface area contributed by atoms with Crippen molar-refractivity contribution >= 4 is 27.6 Å². The van der Waals surface area contributed by atoms with E-state index in [1.807, 2.05) is 18.2 Å². The van der Waals surface area contributed by atoms with Gasteiger partial charge < -0.3 is 19.7 Å². The number of benzene rings is 2. The second kappa shape index (κ2) is 12.1. The molecule has 0 aromatic heterocycles. The highest BCUT2D eigenvalue weighted by atomic mass is 32.2. The summed E-state index contributed by atoms with van der Waals surface area (Å²) in [5, 5.41) is 25.5. The van der Waals surface area contributed by atoms with Crippen molar-refractivity contribution < 1.29 is 42.6 Å². The SMILES string of the molecule is COc1ccc(CN2CCN(S(=O)(=O)c3ccc([N+](=O)[O-])cc3)CC2)cc1OC.O=C(O)C(=O)O. The van der Waals surface area contributed by atoms with Gasteiger partial charge in [0, 0.05) is 44.9 Å². The average Bonchev–Trinajstić information content (AvgIpc) is 2.84. The van der Waals surface area contributed by atoms with E-state index in [4.69, 9.17) is 29.3 Å². The Kier molecular flexibility index (Phi) is 9.50. The molecular weight excluding hydrogens is 486 g/mol. The molecule has 0 bridgehead atoms. The molecule has 1 saturated heterocycles. The highest BCUT2D eigenvalue weighted by molar-refractivity contribution is 7.89. The van der Waals surface area contributed by atoms with Gasteiger partial charge in [0.1, 0.15) is 0 Å². The fourth-order valence-electron chi connectivity index (χ4n) is 3.25. The molecule has 0 amide bonds. The molecule has 1 fully saturated rings. The standard InChI is InChI=1S/C19H23N3O6S.C2H2O4/c1-27-18-8-3-15(13-19(18)28-2)14-20-9-11-21(12-10-20)29(25,26)17-6-4-16(5-7-17)22(23)24;3-1(4)2(5)6/h3-8,13H,9-12,14H2,1-2H3;(H,3,4)(H,5,6). The predicted molar refractivity (Wildman–Crippen MR) is 122 cm³/mol. The molecule has 0 radical (unpaired) electrons. The molecule has 0 spiro atoms. The van der Waals surface area contributed by atoms with E-state index in [1.165, 1.54) is 28.6 Å². The molecule has 0 atom stereocenters. The van der Waals surface area contributed by atoms with Crippen molar-refractivity contribution in [2.45, 2.75) is 11.4 Å². The number of sulfonamides is 1. The maximum atomic E-state index is 12.8. The molecule has 2 aromatic rings.